The third-order valence-corrected chi connectivity index (χ3v) is 7.48. The van der Waals surface area contributed by atoms with Crippen LogP contribution in [-0.4, -0.2) is 73.7 Å². The number of nitro groups is 1. The molecular weight excluding hydrogens is 544 g/mol. The number of aliphatic hydroxyl groups excluding tert-OH is 4. The zero-order valence-corrected chi connectivity index (χ0v) is 22.0. The van der Waals surface area contributed by atoms with Crippen molar-refractivity contribution < 1.29 is 34.7 Å². The van der Waals surface area contributed by atoms with Gasteiger partial charge >= 0.3 is 5.69 Å². The molecule has 210 valence electrons. The van der Waals surface area contributed by atoms with Gasteiger partial charge in [-0.25, -0.2) is 4.63 Å². The second-order valence-electron chi connectivity index (χ2n) is 9.77. The summed E-state index contributed by atoms with van der Waals surface area (Å²) < 4.78 is 10.4. The fourth-order valence-electron chi connectivity index (χ4n) is 4.92. The molecule has 1 aliphatic rings. The molecular formula is C27H27ClN4O8. The van der Waals surface area contributed by atoms with E-state index in [1.165, 1.54) is 6.07 Å². The quantitative estimate of drug-likeness (QED) is 0.181. The van der Waals surface area contributed by atoms with Crippen LogP contribution in [0.3, 0.4) is 0 Å². The van der Waals surface area contributed by atoms with Gasteiger partial charge in [0.05, 0.1) is 17.2 Å². The van der Waals surface area contributed by atoms with Gasteiger partial charge in [0.1, 0.15) is 30.5 Å². The number of nitro benzene ring substituents is 1. The molecule has 1 aliphatic heterocycles. The van der Waals surface area contributed by atoms with E-state index in [-0.39, 0.29) is 11.2 Å². The van der Waals surface area contributed by atoms with Crippen LogP contribution in [-0.2, 0) is 17.7 Å². The number of rotatable bonds is 8. The van der Waals surface area contributed by atoms with Crippen LogP contribution in [0.4, 0.5) is 11.4 Å². The van der Waals surface area contributed by atoms with Crippen molar-refractivity contribution in [1.82, 2.24) is 10.3 Å². The average molecular weight is 571 g/mol. The maximum Gasteiger partial charge on any atom is 0.300 e. The Morgan fingerprint density at radius 2 is 1.68 bits per heavy atom. The van der Waals surface area contributed by atoms with Crippen LogP contribution in [0.5, 0.6) is 0 Å². The predicted molar refractivity (Wildman–Crippen MR) is 144 cm³/mol. The first kappa shape index (κ1) is 27.9. The summed E-state index contributed by atoms with van der Waals surface area (Å²) in [5.74, 6) is 0. The highest BCUT2D eigenvalue weighted by atomic mass is 35.5. The maximum absolute atomic E-state index is 11.3. The standard InChI is InChI=1S/C27H27ClN4O8/c1-31(19-8-9-20(32(37)38)23-22(19)29-40-30-23)12-15-4-2-14(3-5-15)10-17-11-16(6-7-18(17)28)27-26(36)25(35)24(34)21(13-33)39-27/h2-9,11,21,24-27,33-36H,10,12-13H2,1H3/t21-,24-,25+,26-,27+/m1/s1. The summed E-state index contributed by atoms with van der Waals surface area (Å²) in [7, 11) is 1.84. The number of aromatic nitrogens is 2. The molecule has 1 fully saturated rings. The Balaban J connectivity index is 1.30. The summed E-state index contributed by atoms with van der Waals surface area (Å²) in [6.45, 7) is -0.0125. The van der Waals surface area contributed by atoms with E-state index in [2.05, 4.69) is 10.3 Å². The molecule has 0 bridgehead atoms. The molecule has 2 heterocycles. The summed E-state index contributed by atoms with van der Waals surface area (Å²) in [6.07, 6.45) is -5.75. The normalized spacial score (nSPS) is 22.9. The first-order valence-corrected chi connectivity index (χ1v) is 12.8. The number of aliphatic hydroxyl groups is 4. The zero-order chi connectivity index (χ0) is 28.6. The third kappa shape index (κ3) is 5.37. The van der Waals surface area contributed by atoms with Gasteiger partial charge in [0.15, 0.2) is 5.52 Å². The molecule has 13 heteroatoms. The van der Waals surface area contributed by atoms with Gasteiger partial charge in [0.25, 0.3) is 0 Å². The van der Waals surface area contributed by atoms with Crippen LogP contribution in [0.1, 0.15) is 28.4 Å². The Morgan fingerprint density at radius 1 is 0.975 bits per heavy atom. The van der Waals surface area contributed by atoms with E-state index in [1.807, 2.05) is 36.2 Å². The second-order valence-corrected chi connectivity index (χ2v) is 10.2. The van der Waals surface area contributed by atoms with Gasteiger partial charge < -0.3 is 30.1 Å². The van der Waals surface area contributed by atoms with Crippen molar-refractivity contribution >= 4 is 34.0 Å². The number of ether oxygens (including phenoxy) is 1. The summed E-state index contributed by atoms with van der Waals surface area (Å²) >= 11 is 6.47. The van der Waals surface area contributed by atoms with E-state index >= 15 is 0 Å². The molecule has 1 saturated heterocycles. The molecule has 3 aromatic carbocycles. The van der Waals surface area contributed by atoms with E-state index in [0.29, 0.717) is 34.8 Å². The molecule has 0 unspecified atom stereocenters. The summed E-state index contributed by atoms with van der Waals surface area (Å²) in [6, 6.07) is 16.0. The highest BCUT2D eigenvalue weighted by Gasteiger charge is 2.44. The van der Waals surface area contributed by atoms with Crippen molar-refractivity contribution in [2.24, 2.45) is 0 Å². The highest BCUT2D eigenvalue weighted by molar-refractivity contribution is 6.31. The highest BCUT2D eigenvalue weighted by Crippen LogP contribution is 2.35. The summed E-state index contributed by atoms with van der Waals surface area (Å²) in [5, 5.41) is 59.5. The Morgan fingerprint density at radius 3 is 2.38 bits per heavy atom. The lowest BCUT2D eigenvalue weighted by molar-refractivity contribution is -0.383. The Bertz CT molecular complexity index is 1510. The largest absolute Gasteiger partial charge is 0.394 e. The van der Waals surface area contributed by atoms with Gasteiger partial charge in [-0.15, -0.1) is 0 Å². The van der Waals surface area contributed by atoms with Crippen molar-refractivity contribution in [3.63, 3.8) is 0 Å². The predicted octanol–water partition coefficient (Wildman–Crippen LogP) is 2.53. The van der Waals surface area contributed by atoms with E-state index in [9.17, 15) is 30.5 Å². The van der Waals surface area contributed by atoms with Gasteiger partial charge in [0.2, 0.25) is 5.52 Å². The number of anilines is 1. The number of fused-ring (bicyclic) bond motifs is 1. The summed E-state index contributed by atoms with van der Waals surface area (Å²) in [4.78, 5) is 12.6. The minimum Gasteiger partial charge on any atom is -0.394 e. The van der Waals surface area contributed by atoms with Gasteiger partial charge in [-0.2, -0.15) is 0 Å². The Labute approximate surface area is 233 Å². The SMILES string of the molecule is CN(Cc1ccc(Cc2cc([C@@H]3O[C@H](CO)[C@@H](O)[C@H](O)[C@H]3O)ccc2Cl)cc1)c1ccc([N+](=O)[O-])c2nonc12. The molecule has 12 nitrogen and oxygen atoms in total. The number of nitrogens with zero attached hydrogens (tertiary/aromatic N) is 4. The smallest absolute Gasteiger partial charge is 0.300 e. The molecule has 4 N–H and O–H groups in total. The maximum atomic E-state index is 11.3. The van der Waals surface area contributed by atoms with Crippen LogP contribution < -0.4 is 4.90 Å². The van der Waals surface area contributed by atoms with Gasteiger partial charge in [-0.3, -0.25) is 10.1 Å². The fourth-order valence-corrected chi connectivity index (χ4v) is 5.11. The van der Waals surface area contributed by atoms with Crippen molar-refractivity contribution in [2.45, 2.75) is 43.5 Å². The molecule has 0 saturated carbocycles. The first-order chi connectivity index (χ1) is 19.2. The molecule has 4 aromatic rings. The van der Waals surface area contributed by atoms with Crippen molar-refractivity contribution in [1.29, 1.82) is 0 Å². The molecule has 1 aromatic heterocycles. The second kappa shape index (κ2) is 11.5. The molecule has 0 spiro atoms. The van der Waals surface area contributed by atoms with Gasteiger partial charge in [0, 0.05) is 24.7 Å². The zero-order valence-electron chi connectivity index (χ0n) is 21.3. The number of hydrogen-bond donors (Lipinski definition) is 4. The van der Waals surface area contributed by atoms with E-state index in [0.717, 1.165) is 16.7 Å². The fraction of sp³-hybridized carbons (Fsp3) is 0.333. The molecule has 40 heavy (non-hydrogen) atoms. The van der Waals surface area contributed by atoms with Crippen LogP contribution >= 0.6 is 11.6 Å². The molecule has 0 radical (unpaired) electrons. The van der Waals surface area contributed by atoms with Crippen LogP contribution in [0.15, 0.2) is 59.2 Å². The minimum absolute atomic E-state index is 0.0903. The van der Waals surface area contributed by atoms with E-state index < -0.39 is 42.1 Å². The van der Waals surface area contributed by atoms with Crippen LogP contribution in [0, 0.1) is 10.1 Å². The van der Waals surface area contributed by atoms with Gasteiger partial charge in [-0.1, -0.05) is 48.0 Å². The van der Waals surface area contributed by atoms with E-state index in [4.69, 9.17) is 21.0 Å². The topological polar surface area (TPSA) is 175 Å². The minimum atomic E-state index is -1.47. The number of benzene rings is 3. The average Bonchev–Trinajstić information content (AvgIpc) is 3.44. The van der Waals surface area contributed by atoms with Gasteiger partial charge in [-0.05, 0) is 51.1 Å². The van der Waals surface area contributed by atoms with Crippen molar-refractivity contribution in [3.8, 4) is 0 Å². The Kier molecular flexibility index (Phi) is 7.99. The third-order valence-electron chi connectivity index (χ3n) is 7.11. The first-order valence-electron chi connectivity index (χ1n) is 12.5. The van der Waals surface area contributed by atoms with Crippen LogP contribution in [0.25, 0.3) is 11.0 Å². The molecule has 5 rings (SSSR count). The molecule has 0 aliphatic carbocycles. The number of halogens is 1. The van der Waals surface area contributed by atoms with Crippen LogP contribution in [0.2, 0.25) is 5.02 Å². The number of hydrogen-bond acceptors (Lipinski definition) is 11. The lowest BCUT2D eigenvalue weighted by Gasteiger charge is -2.40. The number of non-ortho nitro benzene ring substituents is 1. The lowest BCUT2D eigenvalue weighted by Crippen LogP contribution is -2.55. The van der Waals surface area contributed by atoms with E-state index in [1.54, 1.807) is 24.3 Å². The summed E-state index contributed by atoms with van der Waals surface area (Å²) in [5.41, 5.74) is 4.15. The molecule has 0 amide bonds. The lowest BCUT2D eigenvalue weighted by atomic mass is 9.90. The monoisotopic (exact) mass is 570 g/mol. The van der Waals surface area contributed by atoms with Crippen molar-refractivity contribution in [3.05, 3.63) is 92.0 Å². The molecule has 5 atom stereocenters. The Hall–Kier alpha value is -3.65. The van der Waals surface area contributed by atoms with Crippen molar-refractivity contribution in [2.75, 3.05) is 18.6 Å².